The number of hydrogen-bond donors (Lipinski definition) is 3. The standard InChI is InChI=1S/C12H16N2O4S/c1-7(15)19-6-5-10(16)11(17)8-3-2-4-9(14-8)12(13)18/h2-4,10-11,16-17H,5-6H2,1H3,(H2,13,18). The highest BCUT2D eigenvalue weighted by molar-refractivity contribution is 8.13. The van der Waals surface area contributed by atoms with E-state index in [0.29, 0.717) is 5.75 Å². The van der Waals surface area contributed by atoms with Gasteiger partial charge in [-0.2, -0.15) is 0 Å². The summed E-state index contributed by atoms with van der Waals surface area (Å²) in [7, 11) is 0. The molecule has 104 valence electrons. The van der Waals surface area contributed by atoms with E-state index in [0.717, 1.165) is 11.8 Å². The SMILES string of the molecule is CC(=O)SCCC(O)C(O)c1cccc(C(N)=O)n1. The van der Waals surface area contributed by atoms with Gasteiger partial charge in [0.1, 0.15) is 11.8 Å². The number of pyridine rings is 1. The van der Waals surface area contributed by atoms with Crippen LogP contribution in [-0.2, 0) is 4.79 Å². The predicted molar refractivity (Wildman–Crippen MR) is 71.5 cm³/mol. The lowest BCUT2D eigenvalue weighted by molar-refractivity contribution is -0.109. The number of aromatic nitrogens is 1. The first-order valence-corrected chi connectivity index (χ1v) is 6.66. The quantitative estimate of drug-likeness (QED) is 0.690. The first-order chi connectivity index (χ1) is 8.91. The van der Waals surface area contributed by atoms with Gasteiger partial charge in [-0.25, -0.2) is 4.98 Å². The van der Waals surface area contributed by atoms with Crippen molar-refractivity contribution in [1.29, 1.82) is 0 Å². The van der Waals surface area contributed by atoms with Gasteiger partial charge in [0, 0.05) is 12.7 Å². The molecule has 0 saturated heterocycles. The van der Waals surface area contributed by atoms with Crippen molar-refractivity contribution in [3.8, 4) is 0 Å². The molecule has 0 aliphatic heterocycles. The maximum Gasteiger partial charge on any atom is 0.267 e. The van der Waals surface area contributed by atoms with Gasteiger partial charge in [-0.3, -0.25) is 9.59 Å². The third kappa shape index (κ3) is 4.98. The van der Waals surface area contributed by atoms with Crippen molar-refractivity contribution >= 4 is 22.8 Å². The van der Waals surface area contributed by atoms with Crippen LogP contribution in [-0.4, -0.2) is 38.1 Å². The van der Waals surface area contributed by atoms with Crippen LogP contribution in [0, 0.1) is 0 Å². The fraction of sp³-hybridized carbons (Fsp3) is 0.417. The van der Waals surface area contributed by atoms with Crippen LogP contribution in [0.3, 0.4) is 0 Å². The van der Waals surface area contributed by atoms with Gasteiger partial charge in [-0.1, -0.05) is 17.8 Å². The third-order valence-electron chi connectivity index (χ3n) is 2.41. The Morgan fingerprint density at radius 1 is 1.42 bits per heavy atom. The third-order valence-corrected chi connectivity index (χ3v) is 3.26. The summed E-state index contributed by atoms with van der Waals surface area (Å²) >= 11 is 1.08. The van der Waals surface area contributed by atoms with Gasteiger partial charge in [0.25, 0.3) is 5.91 Å². The summed E-state index contributed by atoms with van der Waals surface area (Å²) in [6.45, 7) is 1.44. The number of hydrogen-bond acceptors (Lipinski definition) is 6. The molecule has 0 aliphatic rings. The van der Waals surface area contributed by atoms with Gasteiger partial charge in [0.05, 0.1) is 11.8 Å². The maximum absolute atomic E-state index is 11.0. The Balaban J connectivity index is 2.65. The molecule has 2 unspecified atom stereocenters. The van der Waals surface area contributed by atoms with E-state index in [4.69, 9.17) is 5.73 Å². The number of amides is 1. The average Bonchev–Trinajstić information content (AvgIpc) is 2.37. The molecule has 1 amide bonds. The lowest BCUT2D eigenvalue weighted by atomic mass is 10.1. The normalized spacial score (nSPS) is 13.8. The largest absolute Gasteiger partial charge is 0.390 e. The fourth-order valence-electron chi connectivity index (χ4n) is 1.43. The fourth-order valence-corrected chi connectivity index (χ4v) is 2.08. The van der Waals surface area contributed by atoms with Crippen molar-refractivity contribution in [3.05, 3.63) is 29.6 Å². The molecule has 0 radical (unpaired) electrons. The topological polar surface area (TPSA) is 114 Å². The molecule has 4 N–H and O–H groups in total. The van der Waals surface area contributed by atoms with Gasteiger partial charge in [0.2, 0.25) is 0 Å². The van der Waals surface area contributed by atoms with E-state index in [-0.39, 0.29) is 22.9 Å². The van der Waals surface area contributed by atoms with Crippen LogP contribution >= 0.6 is 11.8 Å². The Kier molecular flexibility index (Phi) is 5.94. The molecule has 0 aromatic carbocycles. The number of carbonyl (C=O) groups excluding carboxylic acids is 2. The van der Waals surface area contributed by atoms with E-state index in [1.165, 1.54) is 25.1 Å². The molecule has 1 aromatic rings. The monoisotopic (exact) mass is 284 g/mol. The van der Waals surface area contributed by atoms with E-state index in [9.17, 15) is 19.8 Å². The van der Waals surface area contributed by atoms with E-state index < -0.39 is 18.1 Å². The minimum atomic E-state index is -1.22. The van der Waals surface area contributed by atoms with Gasteiger partial charge in [0.15, 0.2) is 5.12 Å². The van der Waals surface area contributed by atoms with Crippen molar-refractivity contribution in [2.45, 2.75) is 25.6 Å². The van der Waals surface area contributed by atoms with Crippen molar-refractivity contribution in [1.82, 2.24) is 4.98 Å². The van der Waals surface area contributed by atoms with Crippen LogP contribution in [0.4, 0.5) is 0 Å². The first kappa shape index (κ1) is 15.6. The van der Waals surface area contributed by atoms with E-state index in [1.807, 2.05) is 0 Å². The average molecular weight is 284 g/mol. The minimum Gasteiger partial charge on any atom is -0.390 e. The Bertz CT molecular complexity index is 467. The second-order valence-electron chi connectivity index (χ2n) is 3.95. The van der Waals surface area contributed by atoms with Crippen LogP contribution in [0.5, 0.6) is 0 Å². The zero-order valence-electron chi connectivity index (χ0n) is 10.4. The second-order valence-corrected chi connectivity index (χ2v) is 5.22. The van der Waals surface area contributed by atoms with Crippen LogP contribution in [0.2, 0.25) is 0 Å². The molecule has 0 saturated carbocycles. The number of carbonyl (C=O) groups is 2. The number of rotatable bonds is 6. The lowest BCUT2D eigenvalue weighted by Crippen LogP contribution is -2.22. The van der Waals surface area contributed by atoms with Gasteiger partial charge < -0.3 is 15.9 Å². The van der Waals surface area contributed by atoms with Crippen molar-refractivity contribution in [3.63, 3.8) is 0 Å². The first-order valence-electron chi connectivity index (χ1n) is 5.68. The smallest absolute Gasteiger partial charge is 0.267 e. The van der Waals surface area contributed by atoms with E-state index in [2.05, 4.69) is 4.98 Å². The highest BCUT2D eigenvalue weighted by Gasteiger charge is 2.20. The summed E-state index contributed by atoms with van der Waals surface area (Å²) in [5.41, 5.74) is 5.29. The molecule has 7 heteroatoms. The van der Waals surface area contributed by atoms with Gasteiger partial charge in [-0.15, -0.1) is 0 Å². The number of aliphatic hydroxyl groups excluding tert-OH is 2. The molecule has 1 rings (SSSR count). The Hall–Kier alpha value is -1.44. The molecule has 19 heavy (non-hydrogen) atoms. The molecule has 2 atom stereocenters. The summed E-state index contributed by atoms with van der Waals surface area (Å²) < 4.78 is 0. The number of thioether (sulfide) groups is 1. The predicted octanol–water partition coefficient (Wildman–Crippen LogP) is 0.245. The zero-order chi connectivity index (χ0) is 14.4. The van der Waals surface area contributed by atoms with Gasteiger partial charge >= 0.3 is 0 Å². The summed E-state index contributed by atoms with van der Waals surface area (Å²) in [5.74, 6) is -0.293. The number of aliphatic hydroxyl groups is 2. The Morgan fingerprint density at radius 3 is 2.68 bits per heavy atom. The molecule has 0 fully saturated rings. The van der Waals surface area contributed by atoms with Crippen molar-refractivity contribution in [2.75, 3.05) is 5.75 Å². The molecule has 0 spiro atoms. The maximum atomic E-state index is 11.0. The molecular formula is C12H16N2O4S. The molecule has 1 aromatic heterocycles. The van der Waals surface area contributed by atoms with Crippen LogP contribution in [0.15, 0.2) is 18.2 Å². The summed E-state index contributed by atoms with van der Waals surface area (Å²) in [4.78, 5) is 25.6. The van der Waals surface area contributed by atoms with Gasteiger partial charge in [-0.05, 0) is 18.6 Å². The second kappa shape index (κ2) is 7.22. The van der Waals surface area contributed by atoms with E-state index in [1.54, 1.807) is 0 Å². The van der Waals surface area contributed by atoms with Crippen LogP contribution < -0.4 is 5.73 Å². The summed E-state index contributed by atoms with van der Waals surface area (Å²) in [6, 6.07) is 4.46. The van der Waals surface area contributed by atoms with Crippen LogP contribution in [0.25, 0.3) is 0 Å². The van der Waals surface area contributed by atoms with Crippen molar-refractivity contribution < 1.29 is 19.8 Å². The Morgan fingerprint density at radius 2 is 2.11 bits per heavy atom. The lowest BCUT2D eigenvalue weighted by Gasteiger charge is -2.17. The highest BCUT2D eigenvalue weighted by atomic mass is 32.2. The molecule has 0 aliphatic carbocycles. The van der Waals surface area contributed by atoms with E-state index >= 15 is 0 Å². The molecule has 1 heterocycles. The Labute approximate surface area is 115 Å². The molecule has 6 nitrogen and oxygen atoms in total. The number of nitrogens with two attached hydrogens (primary N) is 1. The molecule has 0 bridgehead atoms. The van der Waals surface area contributed by atoms with Crippen LogP contribution in [0.1, 0.15) is 35.6 Å². The highest BCUT2D eigenvalue weighted by Crippen LogP contribution is 2.19. The minimum absolute atomic E-state index is 0.0295. The zero-order valence-corrected chi connectivity index (χ0v) is 11.3. The van der Waals surface area contributed by atoms with Crippen molar-refractivity contribution in [2.24, 2.45) is 5.73 Å². The number of nitrogens with zero attached hydrogens (tertiary/aromatic N) is 1. The summed E-state index contributed by atoms with van der Waals surface area (Å²) in [6.07, 6.45) is -2.03. The number of primary amides is 1. The summed E-state index contributed by atoms with van der Waals surface area (Å²) in [5, 5.41) is 19.6. The molecular weight excluding hydrogens is 268 g/mol.